The smallest absolute Gasteiger partial charge is 0.341 e. The minimum Gasteiger partial charge on any atom is -0.477 e. The lowest BCUT2D eigenvalue weighted by Gasteiger charge is -2.33. The van der Waals surface area contributed by atoms with Gasteiger partial charge in [-0.25, -0.2) is 14.8 Å². The summed E-state index contributed by atoms with van der Waals surface area (Å²) in [5.74, 6) is -1.73. The maximum atomic E-state index is 11.6. The molecule has 2 heterocycles. The van der Waals surface area contributed by atoms with Gasteiger partial charge in [0.2, 0.25) is 11.8 Å². The van der Waals surface area contributed by atoms with E-state index in [4.69, 9.17) is 5.11 Å². The van der Waals surface area contributed by atoms with Crippen LogP contribution in [0.3, 0.4) is 0 Å². The topological polar surface area (TPSA) is 112 Å². The lowest BCUT2D eigenvalue weighted by atomic mass is 10.1. The number of hydrogen-bond acceptors (Lipinski definition) is 6. The van der Waals surface area contributed by atoms with Gasteiger partial charge in [0.15, 0.2) is 0 Å². The lowest BCUT2D eigenvalue weighted by molar-refractivity contribution is -0.132. The number of carboxylic acids is 1. The van der Waals surface area contributed by atoms with Crippen molar-refractivity contribution in [2.45, 2.75) is 19.9 Å². The summed E-state index contributed by atoms with van der Waals surface area (Å²) in [6.45, 7) is 3.06. The van der Waals surface area contributed by atoms with Gasteiger partial charge in [-0.3, -0.25) is 14.9 Å². The van der Waals surface area contributed by atoms with E-state index in [0.717, 1.165) is 0 Å². The van der Waals surface area contributed by atoms with Gasteiger partial charge in [0.05, 0.1) is 6.54 Å². The van der Waals surface area contributed by atoms with Crippen LogP contribution in [0.4, 0.5) is 5.82 Å². The highest BCUT2D eigenvalue weighted by atomic mass is 16.4. The SMILES string of the molecule is Cc1ncc(C(=O)O)c(N2CC(=O)NC(=O)C2C)n1. The van der Waals surface area contributed by atoms with Crippen molar-refractivity contribution in [3.63, 3.8) is 0 Å². The molecule has 2 amide bonds. The van der Waals surface area contributed by atoms with Crippen LogP contribution in [0.1, 0.15) is 23.1 Å². The van der Waals surface area contributed by atoms with E-state index in [2.05, 4.69) is 15.3 Å². The Kier molecular flexibility index (Phi) is 3.16. The first kappa shape index (κ1) is 12.9. The Hall–Kier alpha value is -2.51. The van der Waals surface area contributed by atoms with Crippen LogP contribution in [0, 0.1) is 6.92 Å². The Balaban J connectivity index is 2.50. The first-order chi connectivity index (χ1) is 8.90. The van der Waals surface area contributed by atoms with Gasteiger partial charge in [-0.2, -0.15) is 0 Å². The summed E-state index contributed by atoms with van der Waals surface area (Å²) in [6, 6.07) is -0.676. The number of aryl methyl sites for hydroxylation is 1. The number of carboxylic acid groups (broad SMARTS) is 1. The van der Waals surface area contributed by atoms with Crippen LogP contribution in [-0.4, -0.2) is 45.4 Å². The molecule has 0 aromatic carbocycles. The number of imide groups is 1. The Morgan fingerprint density at radius 2 is 2.21 bits per heavy atom. The van der Waals surface area contributed by atoms with Crippen molar-refractivity contribution >= 4 is 23.6 Å². The fourth-order valence-corrected chi connectivity index (χ4v) is 1.80. The number of aromatic nitrogens is 2. The second kappa shape index (κ2) is 4.63. The molecule has 100 valence electrons. The van der Waals surface area contributed by atoms with E-state index in [-0.39, 0.29) is 17.9 Å². The van der Waals surface area contributed by atoms with Crippen LogP contribution in [0.2, 0.25) is 0 Å². The third-order valence-electron chi connectivity index (χ3n) is 2.82. The number of nitrogens with one attached hydrogen (secondary N) is 1. The molecular formula is C11H12N4O4. The van der Waals surface area contributed by atoms with Gasteiger partial charge >= 0.3 is 5.97 Å². The molecule has 0 radical (unpaired) electrons. The van der Waals surface area contributed by atoms with Gasteiger partial charge in [0.25, 0.3) is 0 Å². The monoisotopic (exact) mass is 264 g/mol. The Morgan fingerprint density at radius 1 is 1.53 bits per heavy atom. The second-order valence-corrected chi connectivity index (χ2v) is 4.18. The molecule has 1 saturated heterocycles. The molecular weight excluding hydrogens is 252 g/mol. The molecule has 1 unspecified atom stereocenters. The van der Waals surface area contributed by atoms with Crippen LogP contribution >= 0.6 is 0 Å². The predicted octanol–water partition coefficient (Wildman–Crippen LogP) is -0.665. The van der Waals surface area contributed by atoms with Crippen molar-refractivity contribution in [1.82, 2.24) is 15.3 Å². The van der Waals surface area contributed by atoms with Crippen molar-refractivity contribution < 1.29 is 19.5 Å². The summed E-state index contributed by atoms with van der Waals surface area (Å²) < 4.78 is 0. The van der Waals surface area contributed by atoms with Crippen molar-refractivity contribution in [3.05, 3.63) is 17.6 Å². The molecule has 0 saturated carbocycles. The molecule has 0 aliphatic carbocycles. The van der Waals surface area contributed by atoms with E-state index >= 15 is 0 Å². The maximum Gasteiger partial charge on any atom is 0.341 e. The zero-order valence-electron chi connectivity index (χ0n) is 10.4. The Bertz CT molecular complexity index is 572. The Morgan fingerprint density at radius 3 is 2.84 bits per heavy atom. The second-order valence-electron chi connectivity index (χ2n) is 4.18. The van der Waals surface area contributed by atoms with Crippen molar-refractivity contribution in [3.8, 4) is 0 Å². The third-order valence-corrected chi connectivity index (χ3v) is 2.82. The highest BCUT2D eigenvalue weighted by Crippen LogP contribution is 2.21. The van der Waals surface area contributed by atoms with Crippen LogP contribution in [0.5, 0.6) is 0 Å². The minimum absolute atomic E-state index is 0.0794. The number of carbonyl (C=O) groups is 3. The Labute approximate surface area is 108 Å². The van der Waals surface area contributed by atoms with E-state index in [1.165, 1.54) is 11.1 Å². The summed E-state index contributed by atoms with van der Waals surface area (Å²) >= 11 is 0. The molecule has 1 aromatic rings. The van der Waals surface area contributed by atoms with Crippen molar-refractivity contribution in [2.75, 3.05) is 11.4 Å². The predicted molar refractivity (Wildman–Crippen MR) is 63.7 cm³/mol. The summed E-state index contributed by atoms with van der Waals surface area (Å²) in [6.07, 6.45) is 1.17. The molecule has 1 aliphatic rings. The van der Waals surface area contributed by atoms with Crippen LogP contribution < -0.4 is 10.2 Å². The van der Waals surface area contributed by atoms with E-state index in [1.54, 1.807) is 13.8 Å². The molecule has 8 nitrogen and oxygen atoms in total. The number of carbonyl (C=O) groups excluding carboxylic acids is 2. The molecule has 19 heavy (non-hydrogen) atoms. The molecule has 2 N–H and O–H groups in total. The van der Waals surface area contributed by atoms with E-state index in [9.17, 15) is 14.4 Å². The van der Waals surface area contributed by atoms with Gasteiger partial charge in [0, 0.05) is 6.20 Å². The average Bonchev–Trinajstić information content (AvgIpc) is 2.33. The van der Waals surface area contributed by atoms with E-state index < -0.39 is 23.8 Å². The van der Waals surface area contributed by atoms with Crippen molar-refractivity contribution in [2.24, 2.45) is 0 Å². The zero-order chi connectivity index (χ0) is 14.2. The average molecular weight is 264 g/mol. The van der Waals surface area contributed by atoms with Gasteiger partial charge in [-0.05, 0) is 13.8 Å². The fraction of sp³-hybridized carbons (Fsp3) is 0.364. The summed E-state index contributed by atoms with van der Waals surface area (Å²) in [7, 11) is 0. The number of rotatable bonds is 2. The van der Waals surface area contributed by atoms with Gasteiger partial charge in [-0.15, -0.1) is 0 Å². The molecule has 8 heteroatoms. The first-order valence-electron chi connectivity index (χ1n) is 5.57. The molecule has 1 aliphatic heterocycles. The fourth-order valence-electron chi connectivity index (χ4n) is 1.80. The van der Waals surface area contributed by atoms with E-state index in [1.807, 2.05) is 0 Å². The largest absolute Gasteiger partial charge is 0.477 e. The summed E-state index contributed by atoms with van der Waals surface area (Å²) in [5.41, 5.74) is -0.139. The number of aromatic carboxylic acids is 1. The minimum atomic E-state index is -1.21. The number of amides is 2. The van der Waals surface area contributed by atoms with Crippen molar-refractivity contribution in [1.29, 1.82) is 0 Å². The normalized spacial score (nSPS) is 19.3. The standard InChI is InChI=1S/C11H12N4O4/c1-5-10(17)14-8(16)4-15(5)9-7(11(18)19)3-12-6(2)13-9/h3,5H,4H2,1-2H3,(H,18,19)(H,14,16,17). The summed E-state index contributed by atoms with van der Waals surface area (Å²) in [5, 5.41) is 11.3. The number of piperazine rings is 1. The summed E-state index contributed by atoms with van der Waals surface area (Å²) in [4.78, 5) is 43.4. The van der Waals surface area contributed by atoms with Gasteiger partial charge in [-0.1, -0.05) is 0 Å². The number of nitrogens with zero attached hydrogens (tertiary/aromatic N) is 3. The van der Waals surface area contributed by atoms with Gasteiger partial charge in [0.1, 0.15) is 23.2 Å². The highest BCUT2D eigenvalue weighted by molar-refractivity contribution is 6.05. The number of anilines is 1. The highest BCUT2D eigenvalue weighted by Gasteiger charge is 2.33. The quantitative estimate of drug-likeness (QED) is 0.681. The molecule has 2 rings (SSSR count). The lowest BCUT2D eigenvalue weighted by Crippen LogP contribution is -2.57. The maximum absolute atomic E-state index is 11.6. The molecule has 0 bridgehead atoms. The molecule has 1 fully saturated rings. The van der Waals surface area contributed by atoms with Gasteiger partial charge < -0.3 is 10.0 Å². The van der Waals surface area contributed by atoms with Crippen LogP contribution in [-0.2, 0) is 9.59 Å². The van der Waals surface area contributed by atoms with Crippen LogP contribution in [0.25, 0.3) is 0 Å². The number of hydrogen-bond donors (Lipinski definition) is 2. The molecule has 1 aromatic heterocycles. The van der Waals surface area contributed by atoms with E-state index in [0.29, 0.717) is 5.82 Å². The zero-order valence-corrected chi connectivity index (χ0v) is 10.4. The van der Waals surface area contributed by atoms with Crippen LogP contribution in [0.15, 0.2) is 6.20 Å². The third kappa shape index (κ3) is 2.37. The molecule has 0 spiro atoms. The first-order valence-corrected chi connectivity index (χ1v) is 5.57. The molecule has 1 atom stereocenters.